The summed E-state index contributed by atoms with van der Waals surface area (Å²) in [6.07, 6.45) is 0. The van der Waals surface area contributed by atoms with Crippen LogP contribution in [0.2, 0.25) is 0 Å². The molecule has 0 saturated heterocycles. The first-order valence-electron chi connectivity index (χ1n) is 13.1. The highest BCUT2D eigenvalue weighted by Gasteiger charge is 2.37. The number of imide groups is 1. The number of anilines is 1. The maximum absolute atomic E-state index is 13.2. The minimum atomic E-state index is -1.10. The van der Waals surface area contributed by atoms with E-state index in [-0.39, 0.29) is 24.3 Å². The lowest BCUT2D eigenvalue weighted by Crippen LogP contribution is -2.48. The van der Waals surface area contributed by atoms with Gasteiger partial charge in [0.1, 0.15) is 17.5 Å². The van der Waals surface area contributed by atoms with E-state index in [2.05, 4.69) is 10.6 Å². The van der Waals surface area contributed by atoms with Gasteiger partial charge >= 0.3 is 0 Å². The van der Waals surface area contributed by atoms with Gasteiger partial charge < -0.3 is 20.1 Å². The predicted molar refractivity (Wildman–Crippen MR) is 153 cm³/mol. The standard InChI is InChI=1S/C32H27N3O7/c36-29(21-41-35-31(38)26-13-7-8-14-27(26)32(35)39)34-28(20-40-19-22-9-3-1-4-10-22)30(37)33-23-15-17-25(18-16-23)42-24-11-5-2-6-12-24/h1-18,28H,19-21H2,(H,33,37)(H,34,36). The molecule has 1 heterocycles. The van der Waals surface area contributed by atoms with E-state index in [0.717, 1.165) is 5.56 Å². The first kappa shape index (κ1) is 28.2. The molecule has 4 aromatic carbocycles. The number of nitrogens with one attached hydrogen (secondary N) is 2. The van der Waals surface area contributed by atoms with Crippen molar-refractivity contribution in [3.8, 4) is 11.5 Å². The van der Waals surface area contributed by atoms with Crippen molar-refractivity contribution in [3.63, 3.8) is 0 Å². The van der Waals surface area contributed by atoms with Crippen LogP contribution in [0.15, 0.2) is 109 Å². The third-order valence-electron chi connectivity index (χ3n) is 6.23. The average Bonchev–Trinajstić information content (AvgIpc) is 3.26. The molecule has 1 atom stereocenters. The number of fused-ring (bicyclic) bond motifs is 1. The van der Waals surface area contributed by atoms with E-state index in [1.54, 1.807) is 36.4 Å². The minimum absolute atomic E-state index is 0.144. The zero-order chi connectivity index (χ0) is 29.3. The first-order chi connectivity index (χ1) is 20.5. The molecule has 1 aliphatic heterocycles. The van der Waals surface area contributed by atoms with Crippen molar-refractivity contribution in [2.24, 2.45) is 0 Å². The number of rotatable bonds is 12. The molecular weight excluding hydrogens is 538 g/mol. The van der Waals surface area contributed by atoms with Gasteiger partial charge in [-0.2, -0.15) is 0 Å². The first-order valence-corrected chi connectivity index (χ1v) is 13.1. The largest absolute Gasteiger partial charge is 0.457 e. The maximum atomic E-state index is 13.2. The summed E-state index contributed by atoms with van der Waals surface area (Å²) in [5.41, 5.74) is 1.75. The fourth-order valence-corrected chi connectivity index (χ4v) is 4.16. The lowest BCUT2D eigenvalue weighted by Gasteiger charge is -2.20. The van der Waals surface area contributed by atoms with E-state index in [1.807, 2.05) is 60.7 Å². The Kier molecular flexibility index (Phi) is 8.97. The monoisotopic (exact) mass is 565 g/mol. The molecule has 4 aromatic rings. The van der Waals surface area contributed by atoms with E-state index in [1.165, 1.54) is 12.1 Å². The second kappa shape index (κ2) is 13.4. The van der Waals surface area contributed by atoms with Crippen LogP contribution in [0.25, 0.3) is 0 Å². The Labute approximate surface area is 241 Å². The molecule has 0 saturated carbocycles. The third kappa shape index (κ3) is 7.05. The van der Waals surface area contributed by atoms with Crippen LogP contribution in [0.3, 0.4) is 0 Å². The van der Waals surface area contributed by atoms with Crippen molar-refractivity contribution in [3.05, 3.63) is 126 Å². The highest BCUT2D eigenvalue weighted by atomic mass is 16.7. The molecule has 0 fully saturated rings. The van der Waals surface area contributed by atoms with Gasteiger partial charge in [-0.15, -0.1) is 5.06 Å². The molecule has 0 spiro atoms. The van der Waals surface area contributed by atoms with Gasteiger partial charge in [0.2, 0.25) is 11.8 Å². The predicted octanol–water partition coefficient (Wildman–Crippen LogP) is 4.35. The van der Waals surface area contributed by atoms with Crippen LogP contribution < -0.4 is 15.4 Å². The number of hydroxylamine groups is 2. The Balaban J connectivity index is 1.20. The number of amides is 4. The zero-order valence-electron chi connectivity index (χ0n) is 22.4. The van der Waals surface area contributed by atoms with Crippen molar-refractivity contribution < 1.29 is 33.5 Å². The Hall–Kier alpha value is -5.32. The Morgan fingerprint density at radius 3 is 1.93 bits per heavy atom. The van der Waals surface area contributed by atoms with E-state index in [0.29, 0.717) is 22.2 Å². The summed E-state index contributed by atoms with van der Waals surface area (Å²) >= 11 is 0. The molecule has 0 bridgehead atoms. The number of hydrogen-bond acceptors (Lipinski definition) is 7. The van der Waals surface area contributed by atoms with E-state index < -0.39 is 36.3 Å². The second-order valence-corrected chi connectivity index (χ2v) is 9.27. The van der Waals surface area contributed by atoms with Crippen LogP contribution in [-0.4, -0.2) is 47.9 Å². The van der Waals surface area contributed by atoms with Gasteiger partial charge in [0.25, 0.3) is 11.8 Å². The molecule has 42 heavy (non-hydrogen) atoms. The van der Waals surface area contributed by atoms with Crippen molar-refractivity contribution in [1.29, 1.82) is 0 Å². The van der Waals surface area contributed by atoms with Crippen LogP contribution in [0.4, 0.5) is 5.69 Å². The molecule has 1 unspecified atom stereocenters. The number of benzene rings is 4. The van der Waals surface area contributed by atoms with Crippen LogP contribution in [0, 0.1) is 0 Å². The molecule has 0 radical (unpaired) electrons. The van der Waals surface area contributed by atoms with Gasteiger partial charge in [-0.05, 0) is 54.1 Å². The Bertz CT molecular complexity index is 1530. The molecule has 4 amide bonds. The van der Waals surface area contributed by atoms with Crippen LogP contribution in [0.1, 0.15) is 26.3 Å². The van der Waals surface area contributed by atoms with Gasteiger partial charge in [0.15, 0.2) is 6.61 Å². The Morgan fingerprint density at radius 1 is 0.714 bits per heavy atom. The van der Waals surface area contributed by atoms with E-state index in [9.17, 15) is 19.2 Å². The average molecular weight is 566 g/mol. The lowest BCUT2D eigenvalue weighted by molar-refractivity contribution is -0.142. The summed E-state index contributed by atoms with van der Waals surface area (Å²) < 4.78 is 11.5. The number of nitrogens with zero attached hydrogens (tertiary/aromatic N) is 1. The molecule has 1 aliphatic rings. The van der Waals surface area contributed by atoms with Gasteiger partial charge in [-0.1, -0.05) is 60.7 Å². The van der Waals surface area contributed by atoms with Crippen LogP contribution in [-0.2, 0) is 25.8 Å². The third-order valence-corrected chi connectivity index (χ3v) is 6.23. The molecule has 5 rings (SSSR count). The topological polar surface area (TPSA) is 123 Å². The summed E-state index contributed by atoms with van der Waals surface area (Å²) in [5.74, 6) is -1.32. The van der Waals surface area contributed by atoms with E-state index >= 15 is 0 Å². The summed E-state index contributed by atoms with van der Waals surface area (Å²) in [6.45, 7) is -0.592. The van der Waals surface area contributed by atoms with Crippen LogP contribution >= 0.6 is 0 Å². The fourth-order valence-electron chi connectivity index (χ4n) is 4.16. The highest BCUT2D eigenvalue weighted by molar-refractivity contribution is 6.20. The molecular formula is C32H27N3O7. The summed E-state index contributed by atoms with van der Waals surface area (Å²) in [7, 11) is 0. The summed E-state index contributed by atoms with van der Waals surface area (Å²) in [6, 6.07) is 30.6. The molecule has 10 nitrogen and oxygen atoms in total. The Morgan fingerprint density at radius 2 is 1.29 bits per heavy atom. The van der Waals surface area contributed by atoms with Crippen molar-refractivity contribution in [2.75, 3.05) is 18.5 Å². The molecule has 0 aliphatic carbocycles. The number of ether oxygens (including phenoxy) is 2. The number of carbonyl (C=O) groups excluding carboxylic acids is 4. The smallest absolute Gasteiger partial charge is 0.285 e. The van der Waals surface area contributed by atoms with Gasteiger partial charge in [-0.3, -0.25) is 24.0 Å². The normalized spacial score (nSPS) is 12.9. The fraction of sp³-hybridized carbons (Fsp3) is 0.125. The zero-order valence-corrected chi connectivity index (χ0v) is 22.4. The number of para-hydroxylation sites is 1. The quantitative estimate of drug-likeness (QED) is 0.245. The molecule has 212 valence electrons. The number of hydrogen-bond donors (Lipinski definition) is 2. The summed E-state index contributed by atoms with van der Waals surface area (Å²) in [4.78, 5) is 56.2. The molecule has 2 N–H and O–H groups in total. The minimum Gasteiger partial charge on any atom is -0.457 e. The SMILES string of the molecule is O=C(CON1C(=O)c2ccccc2C1=O)NC(COCc1ccccc1)C(=O)Nc1ccc(Oc2ccccc2)cc1. The lowest BCUT2D eigenvalue weighted by atomic mass is 10.1. The van der Waals surface area contributed by atoms with Crippen molar-refractivity contribution >= 4 is 29.3 Å². The van der Waals surface area contributed by atoms with E-state index in [4.69, 9.17) is 14.3 Å². The summed E-state index contributed by atoms with van der Waals surface area (Å²) in [5, 5.41) is 5.87. The van der Waals surface area contributed by atoms with Gasteiger partial charge in [-0.25, -0.2) is 0 Å². The van der Waals surface area contributed by atoms with Crippen molar-refractivity contribution in [2.45, 2.75) is 12.6 Å². The number of carbonyl (C=O) groups is 4. The molecule has 10 heteroatoms. The highest BCUT2D eigenvalue weighted by Crippen LogP contribution is 2.24. The van der Waals surface area contributed by atoms with Crippen molar-refractivity contribution in [1.82, 2.24) is 10.4 Å². The van der Waals surface area contributed by atoms with Crippen LogP contribution in [0.5, 0.6) is 11.5 Å². The maximum Gasteiger partial charge on any atom is 0.285 e. The van der Waals surface area contributed by atoms with Gasteiger partial charge in [0, 0.05) is 5.69 Å². The second-order valence-electron chi connectivity index (χ2n) is 9.27. The molecule has 0 aromatic heterocycles. The van der Waals surface area contributed by atoms with Gasteiger partial charge in [0.05, 0.1) is 24.3 Å².